The molecule has 3 rings (SSSR count). The first-order valence-electron chi connectivity index (χ1n) is 8.44. The highest BCUT2D eigenvalue weighted by atomic mass is 32.1. The van der Waals surface area contributed by atoms with Crippen LogP contribution in [0.25, 0.3) is 11.1 Å². The van der Waals surface area contributed by atoms with Crippen molar-refractivity contribution in [2.45, 2.75) is 27.2 Å². The van der Waals surface area contributed by atoms with Gasteiger partial charge in [-0.25, -0.2) is 4.98 Å². The monoisotopic (exact) mass is 367 g/mol. The number of hydrogen-bond donors (Lipinski definition) is 2. The highest BCUT2D eigenvalue weighted by Gasteiger charge is 2.10. The van der Waals surface area contributed by atoms with Gasteiger partial charge in [0, 0.05) is 34.7 Å². The molecule has 2 N–H and O–H groups in total. The molecule has 5 nitrogen and oxygen atoms in total. The molecule has 134 valence electrons. The van der Waals surface area contributed by atoms with E-state index in [2.05, 4.69) is 15.3 Å². The summed E-state index contributed by atoms with van der Waals surface area (Å²) in [6.07, 6.45) is 0.763. The van der Waals surface area contributed by atoms with Crippen LogP contribution in [0.4, 0.5) is 0 Å². The fourth-order valence-electron chi connectivity index (χ4n) is 2.73. The second-order valence-corrected chi connectivity index (χ2v) is 7.21. The Bertz CT molecular complexity index is 1000. The Kier molecular flexibility index (Phi) is 5.32. The molecule has 0 aliphatic carbocycles. The van der Waals surface area contributed by atoms with Crippen LogP contribution in [0.5, 0.6) is 0 Å². The van der Waals surface area contributed by atoms with Gasteiger partial charge in [0.15, 0.2) is 0 Å². The number of pyridine rings is 1. The van der Waals surface area contributed by atoms with Crippen LogP contribution in [0.2, 0.25) is 0 Å². The summed E-state index contributed by atoms with van der Waals surface area (Å²) < 4.78 is 0. The smallest absolute Gasteiger partial charge is 0.256 e. The van der Waals surface area contributed by atoms with E-state index in [1.54, 1.807) is 29.5 Å². The van der Waals surface area contributed by atoms with Gasteiger partial charge < -0.3 is 10.3 Å². The van der Waals surface area contributed by atoms with Crippen LogP contribution in [0.1, 0.15) is 32.2 Å². The zero-order valence-electron chi connectivity index (χ0n) is 15.1. The van der Waals surface area contributed by atoms with Gasteiger partial charge in [-0.2, -0.15) is 0 Å². The Morgan fingerprint density at radius 2 is 2.04 bits per heavy atom. The number of thiazole rings is 1. The predicted octanol–water partition coefficient (Wildman–Crippen LogP) is 3.40. The van der Waals surface area contributed by atoms with E-state index in [4.69, 9.17) is 0 Å². The predicted molar refractivity (Wildman–Crippen MR) is 105 cm³/mol. The lowest BCUT2D eigenvalue weighted by molar-refractivity contribution is 0.0954. The van der Waals surface area contributed by atoms with Crippen LogP contribution < -0.4 is 10.9 Å². The maximum atomic E-state index is 12.4. The van der Waals surface area contributed by atoms with E-state index in [1.807, 2.05) is 38.4 Å². The molecule has 2 heterocycles. The number of nitrogens with zero attached hydrogens (tertiary/aromatic N) is 1. The van der Waals surface area contributed by atoms with Crippen molar-refractivity contribution >= 4 is 17.2 Å². The van der Waals surface area contributed by atoms with Crippen molar-refractivity contribution in [2.75, 3.05) is 6.54 Å². The Morgan fingerprint density at radius 3 is 2.77 bits per heavy atom. The standard InChI is InChI=1S/C20H21N3O2S/c1-12-9-17(20(25)23-13(12)2)15-5-4-6-16(10-15)19(24)21-8-7-18-14(3)22-11-26-18/h4-6,9-11H,7-8H2,1-3H3,(H,21,24)(H,23,25). The summed E-state index contributed by atoms with van der Waals surface area (Å²) in [5, 5.41) is 2.93. The molecule has 0 aliphatic heterocycles. The van der Waals surface area contributed by atoms with E-state index >= 15 is 0 Å². The zero-order valence-corrected chi connectivity index (χ0v) is 15.9. The largest absolute Gasteiger partial charge is 0.352 e. The molecule has 0 atom stereocenters. The van der Waals surface area contributed by atoms with Crippen LogP contribution in [0.3, 0.4) is 0 Å². The summed E-state index contributed by atoms with van der Waals surface area (Å²) in [5.41, 5.74) is 6.40. The van der Waals surface area contributed by atoms with Crippen LogP contribution >= 0.6 is 11.3 Å². The van der Waals surface area contributed by atoms with Crippen molar-refractivity contribution < 1.29 is 4.79 Å². The quantitative estimate of drug-likeness (QED) is 0.726. The van der Waals surface area contributed by atoms with Gasteiger partial charge in [0.05, 0.1) is 11.2 Å². The Balaban J connectivity index is 1.75. The molecule has 26 heavy (non-hydrogen) atoms. The molecule has 1 amide bonds. The van der Waals surface area contributed by atoms with Gasteiger partial charge in [0.1, 0.15) is 0 Å². The van der Waals surface area contributed by atoms with Gasteiger partial charge in [-0.3, -0.25) is 9.59 Å². The fourth-order valence-corrected chi connectivity index (χ4v) is 3.51. The molecule has 0 bridgehead atoms. The summed E-state index contributed by atoms with van der Waals surface area (Å²) in [5.74, 6) is -0.144. The average Bonchev–Trinajstić information content (AvgIpc) is 3.03. The maximum absolute atomic E-state index is 12.4. The number of amides is 1. The van der Waals surface area contributed by atoms with Crippen molar-refractivity contribution in [1.29, 1.82) is 0 Å². The van der Waals surface area contributed by atoms with Crippen molar-refractivity contribution in [2.24, 2.45) is 0 Å². The summed E-state index contributed by atoms with van der Waals surface area (Å²) in [6.45, 7) is 6.34. The molecule has 0 saturated heterocycles. The topological polar surface area (TPSA) is 74.8 Å². The number of benzene rings is 1. The Hall–Kier alpha value is -2.73. The number of aryl methyl sites for hydroxylation is 3. The lowest BCUT2D eigenvalue weighted by Gasteiger charge is -2.08. The van der Waals surface area contributed by atoms with Crippen molar-refractivity contribution in [3.63, 3.8) is 0 Å². The minimum absolute atomic E-state index is 0.144. The second kappa shape index (κ2) is 7.66. The zero-order chi connectivity index (χ0) is 18.7. The number of carbonyl (C=O) groups is 1. The van der Waals surface area contributed by atoms with E-state index in [0.29, 0.717) is 17.7 Å². The molecule has 0 aliphatic rings. The molecule has 2 aromatic heterocycles. The van der Waals surface area contributed by atoms with Crippen molar-refractivity contribution in [3.05, 3.63) is 73.6 Å². The molecule has 0 spiro atoms. The normalized spacial score (nSPS) is 10.7. The van der Waals surface area contributed by atoms with Crippen LogP contribution in [0, 0.1) is 20.8 Å². The van der Waals surface area contributed by atoms with Gasteiger partial charge in [-0.15, -0.1) is 11.3 Å². The van der Waals surface area contributed by atoms with E-state index < -0.39 is 0 Å². The van der Waals surface area contributed by atoms with Gasteiger partial charge in [-0.1, -0.05) is 12.1 Å². The minimum Gasteiger partial charge on any atom is -0.352 e. The summed E-state index contributed by atoms with van der Waals surface area (Å²) in [7, 11) is 0. The van der Waals surface area contributed by atoms with E-state index in [-0.39, 0.29) is 11.5 Å². The molecular formula is C20H21N3O2S. The number of H-pyrrole nitrogens is 1. The summed E-state index contributed by atoms with van der Waals surface area (Å²) >= 11 is 1.60. The third kappa shape index (κ3) is 3.91. The number of rotatable bonds is 5. The number of aromatic nitrogens is 2. The minimum atomic E-state index is -0.147. The van der Waals surface area contributed by atoms with Gasteiger partial charge in [0.25, 0.3) is 11.5 Å². The van der Waals surface area contributed by atoms with E-state index in [1.165, 1.54) is 4.88 Å². The molecule has 0 saturated carbocycles. The molecule has 1 aromatic carbocycles. The highest BCUT2D eigenvalue weighted by Crippen LogP contribution is 2.19. The van der Waals surface area contributed by atoms with E-state index in [9.17, 15) is 9.59 Å². The number of carbonyl (C=O) groups excluding carboxylic acids is 1. The first-order valence-corrected chi connectivity index (χ1v) is 9.32. The third-order valence-electron chi connectivity index (χ3n) is 4.42. The maximum Gasteiger partial charge on any atom is 0.256 e. The fraction of sp³-hybridized carbons (Fsp3) is 0.250. The highest BCUT2D eigenvalue weighted by molar-refractivity contribution is 7.09. The lowest BCUT2D eigenvalue weighted by atomic mass is 10.0. The molecule has 0 unspecified atom stereocenters. The van der Waals surface area contributed by atoms with Crippen LogP contribution in [0.15, 0.2) is 40.6 Å². The molecule has 0 fully saturated rings. The number of hydrogen-bond acceptors (Lipinski definition) is 4. The van der Waals surface area contributed by atoms with Crippen LogP contribution in [-0.2, 0) is 6.42 Å². The molecule has 0 radical (unpaired) electrons. The third-order valence-corrected chi connectivity index (χ3v) is 5.41. The van der Waals surface area contributed by atoms with E-state index in [0.717, 1.165) is 28.9 Å². The summed E-state index contributed by atoms with van der Waals surface area (Å²) in [6, 6.07) is 9.01. The number of nitrogens with one attached hydrogen (secondary N) is 2. The Labute approximate surface area is 156 Å². The van der Waals surface area contributed by atoms with Gasteiger partial charge in [0.2, 0.25) is 0 Å². The Morgan fingerprint density at radius 1 is 1.23 bits per heavy atom. The lowest BCUT2D eigenvalue weighted by Crippen LogP contribution is -2.25. The van der Waals surface area contributed by atoms with Crippen LogP contribution in [-0.4, -0.2) is 22.4 Å². The summed E-state index contributed by atoms with van der Waals surface area (Å²) in [4.78, 5) is 32.9. The molecule has 6 heteroatoms. The van der Waals surface area contributed by atoms with Gasteiger partial charge in [-0.05, 0) is 50.1 Å². The molecule has 3 aromatic rings. The van der Waals surface area contributed by atoms with Gasteiger partial charge >= 0.3 is 0 Å². The SMILES string of the molecule is Cc1cc(-c2cccc(C(=O)NCCc3scnc3C)c2)c(=O)[nH]c1C. The first-order chi connectivity index (χ1) is 12.5. The van der Waals surface area contributed by atoms with Crippen molar-refractivity contribution in [3.8, 4) is 11.1 Å². The average molecular weight is 367 g/mol. The second-order valence-electron chi connectivity index (χ2n) is 6.27. The van der Waals surface area contributed by atoms with Crippen molar-refractivity contribution in [1.82, 2.24) is 15.3 Å². The molecular weight excluding hydrogens is 346 g/mol. The number of aromatic amines is 1. The first kappa shape index (κ1) is 18.1.